The number of aromatic nitrogens is 2. The highest BCUT2D eigenvalue weighted by atomic mass is 16.6. The van der Waals surface area contributed by atoms with Crippen molar-refractivity contribution in [1.29, 1.82) is 0 Å². The third-order valence-corrected chi connectivity index (χ3v) is 1.28. The zero-order chi connectivity index (χ0) is 9.84. The van der Waals surface area contributed by atoms with Gasteiger partial charge in [0.1, 0.15) is 0 Å². The van der Waals surface area contributed by atoms with E-state index in [0.29, 0.717) is 5.82 Å². The number of hydrogen-bond acceptors (Lipinski definition) is 6. The summed E-state index contributed by atoms with van der Waals surface area (Å²) in [6.45, 7) is 0. The van der Waals surface area contributed by atoms with Crippen LogP contribution in [0.1, 0.15) is 0 Å². The van der Waals surface area contributed by atoms with Gasteiger partial charge in [-0.1, -0.05) is 0 Å². The van der Waals surface area contributed by atoms with Crippen LogP contribution in [0.5, 0.6) is 5.88 Å². The van der Waals surface area contributed by atoms with Crippen molar-refractivity contribution in [3.05, 3.63) is 12.4 Å². The van der Waals surface area contributed by atoms with E-state index in [2.05, 4.69) is 14.6 Å². The molecule has 2 N–H and O–H groups in total. The Morgan fingerprint density at radius 2 is 2.08 bits per heavy atom. The van der Waals surface area contributed by atoms with Gasteiger partial charge in [-0.25, -0.2) is 0 Å². The molecule has 1 heterocycles. The van der Waals surface area contributed by atoms with Crippen LogP contribution in [-0.4, -0.2) is 41.4 Å². The summed E-state index contributed by atoms with van der Waals surface area (Å²) in [5.41, 5.74) is 0. The first kappa shape index (κ1) is 9.75. The van der Waals surface area contributed by atoms with Gasteiger partial charge in [0.15, 0.2) is 5.82 Å². The number of nitrogens with zero attached hydrogens (tertiary/aromatic N) is 3. The monoisotopic (exact) mass is 183 g/mol. The van der Waals surface area contributed by atoms with Gasteiger partial charge in [-0.2, -0.15) is 4.98 Å². The van der Waals surface area contributed by atoms with Crippen molar-refractivity contribution in [2.45, 2.75) is 0 Å². The molecule has 0 unspecified atom stereocenters. The lowest BCUT2D eigenvalue weighted by Crippen LogP contribution is -2.22. The normalized spacial score (nSPS) is 9.54. The summed E-state index contributed by atoms with van der Waals surface area (Å²) < 4.78 is 4.52. The summed E-state index contributed by atoms with van der Waals surface area (Å²) in [5.74, 6) is 0.652. The van der Waals surface area contributed by atoms with E-state index < -0.39 is 7.32 Å². The molecule has 0 saturated carbocycles. The highest BCUT2D eigenvalue weighted by Gasteiger charge is 2.12. The van der Waals surface area contributed by atoms with Crippen molar-refractivity contribution in [2.75, 3.05) is 19.0 Å². The lowest BCUT2D eigenvalue weighted by Gasteiger charge is -2.11. The Bertz CT molecular complexity index is 282. The van der Waals surface area contributed by atoms with Crippen molar-refractivity contribution in [2.24, 2.45) is 0 Å². The fourth-order valence-electron chi connectivity index (χ4n) is 0.719. The molecule has 0 aliphatic carbocycles. The summed E-state index contributed by atoms with van der Waals surface area (Å²) in [7, 11) is 1.72. The van der Waals surface area contributed by atoms with E-state index in [4.69, 9.17) is 10.0 Å². The van der Waals surface area contributed by atoms with Crippen molar-refractivity contribution >= 4 is 13.1 Å². The van der Waals surface area contributed by atoms with Gasteiger partial charge in [0.05, 0.1) is 12.4 Å². The van der Waals surface area contributed by atoms with Crippen LogP contribution in [0.4, 0.5) is 5.82 Å². The molecule has 0 radical (unpaired) electrons. The Balaban J connectivity index is 2.79. The van der Waals surface area contributed by atoms with Crippen LogP contribution >= 0.6 is 0 Å². The second-order valence-corrected chi connectivity index (χ2v) is 2.55. The molecule has 0 spiro atoms. The van der Waals surface area contributed by atoms with E-state index in [1.807, 2.05) is 0 Å². The highest BCUT2D eigenvalue weighted by molar-refractivity contribution is 6.33. The zero-order valence-electron chi connectivity index (χ0n) is 7.38. The number of hydrogen-bond donors (Lipinski definition) is 2. The van der Waals surface area contributed by atoms with Gasteiger partial charge in [-0.15, -0.1) is 0 Å². The van der Waals surface area contributed by atoms with E-state index in [0.717, 1.165) is 0 Å². The van der Waals surface area contributed by atoms with E-state index in [1.54, 1.807) is 19.0 Å². The Labute approximate surface area is 76.0 Å². The van der Waals surface area contributed by atoms with Gasteiger partial charge in [-0.3, -0.25) is 4.98 Å². The van der Waals surface area contributed by atoms with Crippen LogP contribution in [0.2, 0.25) is 0 Å². The maximum Gasteiger partial charge on any atom is 0.708 e. The molecular weight excluding hydrogens is 173 g/mol. The maximum atomic E-state index is 8.49. The van der Waals surface area contributed by atoms with Crippen LogP contribution in [-0.2, 0) is 0 Å². The Kier molecular flexibility index (Phi) is 3.05. The molecule has 0 aliphatic rings. The molecule has 6 nitrogen and oxygen atoms in total. The Morgan fingerprint density at radius 1 is 1.38 bits per heavy atom. The van der Waals surface area contributed by atoms with Gasteiger partial charge in [0.2, 0.25) is 5.88 Å². The number of anilines is 1. The predicted molar refractivity (Wildman–Crippen MR) is 47.2 cm³/mol. The first-order valence-corrected chi connectivity index (χ1v) is 3.62. The van der Waals surface area contributed by atoms with Gasteiger partial charge in [0.25, 0.3) is 0 Å². The highest BCUT2D eigenvalue weighted by Crippen LogP contribution is 2.10. The van der Waals surface area contributed by atoms with Gasteiger partial charge < -0.3 is 19.6 Å². The van der Waals surface area contributed by atoms with Gasteiger partial charge in [-0.05, 0) is 0 Å². The van der Waals surface area contributed by atoms with Crippen LogP contribution in [0.15, 0.2) is 12.4 Å². The topological polar surface area (TPSA) is 78.7 Å². The van der Waals surface area contributed by atoms with Crippen LogP contribution in [0.3, 0.4) is 0 Å². The molecule has 0 fully saturated rings. The van der Waals surface area contributed by atoms with E-state index >= 15 is 0 Å². The molecule has 0 amide bonds. The Morgan fingerprint density at radius 3 is 2.62 bits per heavy atom. The predicted octanol–water partition coefficient (Wildman–Crippen LogP) is -1.11. The van der Waals surface area contributed by atoms with E-state index in [9.17, 15) is 0 Å². The second-order valence-electron chi connectivity index (χ2n) is 2.55. The SMILES string of the molecule is CN(C)c1cncc(OB(O)O)n1. The molecule has 1 aromatic heterocycles. The van der Waals surface area contributed by atoms with Crippen molar-refractivity contribution in [1.82, 2.24) is 9.97 Å². The molecule has 7 heteroatoms. The molecular formula is C6H10BN3O3. The maximum absolute atomic E-state index is 8.49. The van der Waals surface area contributed by atoms with Gasteiger partial charge in [0, 0.05) is 14.1 Å². The molecule has 0 bridgehead atoms. The Hall–Kier alpha value is -1.34. The minimum Gasteiger partial charge on any atom is -0.496 e. The van der Waals surface area contributed by atoms with E-state index in [-0.39, 0.29) is 5.88 Å². The first-order valence-electron chi connectivity index (χ1n) is 3.62. The summed E-state index contributed by atoms with van der Waals surface area (Å²) in [4.78, 5) is 9.47. The fourth-order valence-corrected chi connectivity index (χ4v) is 0.719. The van der Waals surface area contributed by atoms with Gasteiger partial charge >= 0.3 is 7.32 Å². The van der Waals surface area contributed by atoms with Crippen molar-refractivity contribution < 1.29 is 14.7 Å². The quantitative estimate of drug-likeness (QED) is 0.578. The van der Waals surface area contributed by atoms with Crippen molar-refractivity contribution in [3.8, 4) is 5.88 Å². The minimum absolute atomic E-state index is 0.0706. The average molecular weight is 183 g/mol. The van der Waals surface area contributed by atoms with Crippen LogP contribution in [0, 0.1) is 0 Å². The molecule has 70 valence electrons. The molecule has 0 atom stereocenters. The van der Waals surface area contributed by atoms with E-state index in [1.165, 1.54) is 12.4 Å². The standard InChI is InChI=1S/C6H10BN3O3/c1-10(2)5-3-8-4-6(9-5)13-7(11)12/h3-4,11-12H,1-2H3. The molecule has 0 aromatic carbocycles. The summed E-state index contributed by atoms with van der Waals surface area (Å²) >= 11 is 0. The lowest BCUT2D eigenvalue weighted by atomic mass is 10.3. The van der Waals surface area contributed by atoms with Crippen LogP contribution < -0.4 is 9.55 Å². The summed E-state index contributed by atoms with van der Waals surface area (Å²) in [6.07, 6.45) is 2.84. The summed E-state index contributed by atoms with van der Waals surface area (Å²) in [5, 5.41) is 17.0. The second kappa shape index (κ2) is 4.06. The molecule has 13 heavy (non-hydrogen) atoms. The summed E-state index contributed by atoms with van der Waals surface area (Å²) in [6, 6.07) is 0. The first-order chi connectivity index (χ1) is 6.09. The van der Waals surface area contributed by atoms with Crippen molar-refractivity contribution in [3.63, 3.8) is 0 Å². The molecule has 1 rings (SSSR count). The minimum atomic E-state index is -1.87. The number of rotatable bonds is 3. The zero-order valence-corrected chi connectivity index (χ0v) is 7.38. The van der Waals surface area contributed by atoms with Crippen LogP contribution in [0.25, 0.3) is 0 Å². The molecule has 1 aromatic rings. The smallest absolute Gasteiger partial charge is 0.496 e. The fraction of sp³-hybridized carbons (Fsp3) is 0.333. The molecule has 0 aliphatic heterocycles. The third kappa shape index (κ3) is 2.88. The molecule has 0 saturated heterocycles. The lowest BCUT2D eigenvalue weighted by molar-refractivity contribution is 0.283. The third-order valence-electron chi connectivity index (χ3n) is 1.28. The largest absolute Gasteiger partial charge is 0.708 e. The average Bonchev–Trinajstić information content (AvgIpc) is 2.03.